The molecule has 2 bridgehead atoms. The number of piperidine rings is 1. The van der Waals surface area contributed by atoms with Gasteiger partial charge in [0.1, 0.15) is 18.2 Å². The molecule has 2 aliphatic rings. The Bertz CT molecular complexity index is 1420. The first-order valence-electron chi connectivity index (χ1n) is 11.8. The lowest BCUT2D eigenvalue weighted by Gasteiger charge is -2.38. The molecule has 1 unspecified atom stereocenters. The number of fused-ring (bicyclic) bond motifs is 4. The van der Waals surface area contributed by atoms with Crippen LogP contribution >= 0.6 is 11.3 Å². The van der Waals surface area contributed by atoms with Gasteiger partial charge in [-0.2, -0.15) is 0 Å². The van der Waals surface area contributed by atoms with Crippen LogP contribution in [0, 0.1) is 0 Å². The van der Waals surface area contributed by atoms with Gasteiger partial charge in [0.05, 0.1) is 12.6 Å². The van der Waals surface area contributed by atoms with Crippen LogP contribution in [-0.2, 0) is 4.79 Å². The summed E-state index contributed by atoms with van der Waals surface area (Å²) in [5.74, 6) is 2.04. The van der Waals surface area contributed by atoms with Crippen molar-refractivity contribution in [2.24, 2.45) is 0 Å². The van der Waals surface area contributed by atoms with Crippen molar-refractivity contribution in [1.29, 1.82) is 0 Å². The first kappa shape index (κ1) is 21.9. The molecule has 8 heteroatoms. The zero-order valence-corrected chi connectivity index (χ0v) is 20.3. The number of ether oxygens (including phenoxy) is 2. The van der Waals surface area contributed by atoms with E-state index in [1.54, 1.807) is 24.8 Å². The summed E-state index contributed by atoms with van der Waals surface area (Å²) in [4.78, 5) is 23.3. The van der Waals surface area contributed by atoms with Crippen molar-refractivity contribution in [2.45, 2.75) is 43.9 Å². The molecule has 3 atom stereocenters. The number of rotatable bonds is 6. The van der Waals surface area contributed by atoms with Crippen molar-refractivity contribution in [1.82, 2.24) is 14.9 Å². The van der Waals surface area contributed by atoms with Gasteiger partial charge in [0.2, 0.25) is 5.91 Å². The molecule has 2 aliphatic heterocycles. The molecule has 2 aromatic heterocycles. The summed E-state index contributed by atoms with van der Waals surface area (Å²) >= 11 is 1.71. The van der Waals surface area contributed by atoms with Crippen LogP contribution in [0.4, 0.5) is 11.5 Å². The number of carbonyl (C=O) groups excluding carboxylic acids is 1. The molecule has 0 radical (unpaired) electrons. The lowest BCUT2D eigenvalue weighted by atomic mass is 9.99. The molecule has 7 nitrogen and oxygen atoms in total. The fraction of sp³-hybridized carbons (Fsp3) is 0.296. The highest BCUT2D eigenvalue weighted by molar-refractivity contribution is 7.17. The third-order valence-corrected chi connectivity index (χ3v) is 7.93. The SMILES string of the molecule is C=CC(=O)N1[C@@H]2CC[C@H]1CC(Oc1cc3c(Nc4ccc5ccsc5c4)ncnc3cc1OC)C2. The van der Waals surface area contributed by atoms with Crippen molar-refractivity contribution in [3.63, 3.8) is 0 Å². The number of thiophene rings is 1. The van der Waals surface area contributed by atoms with Crippen LogP contribution in [0.1, 0.15) is 25.7 Å². The van der Waals surface area contributed by atoms with Crippen LogP contribution in [0.15, 0.2) is 60.8 Å². The van der Waals surface area contributed by atoms with Crippen LogP contribution in [-0.4, -0.2) is 46.1 Å². The number of anilines is 2. The summed E-state index contributed by atoms with van der Waals surface area (Å²) in [7, 11) is 1.64. The fourth-order valence-electron chi connectivity index (χ4n) is 5.45. The van der Waals surface area contributed by atoms with Crippen LogP contribution in [0.3, 0.4) is 0 Å². The molecule has 0 saturated carbocycles. The van der Waals surface area contributed by atoms with Crippen LogP contribution in [0.25, 0.3) is 21.0 Å². The second-order valence-electron chi connectivity index (χ2n) is 9.09. The molecule has 2 fully saturated rings. The van der Waals surface area contributed by atoms with Gasteiger partial charge in [-0.3, -0.25) is 4.79 Å². The van der Waals surface area contributed by atoms with Gasteiger partial charge in [-0.25, -0.2) is 9.97 Å². The molecular weight excluding hydrogens is 460 g/mol. The maximum absolute atomic E-state index is 12.3. The number of carbonyl (C=O) groups is 1. The molecule has 4 aromatic rings. The third kappa shape index (κ3) is 3.97. The zero-order chi connectivity index (χ0) is 23.9. The highest BCUT2D eigenvalue weighted by Gasteiger charge is 2.43. The number of hydrogen-bond donors (Lipinski definition) is 1. The van der Waals surface area contributed by atoms with Crippen molar-refractivity contribution in [3.8, 4) is 11.5 Å². The molecule has 2 aromatic carbocycles. The summed E-state index contributed by atoms with van der Waals surface area (Å²) in [5.41, 5.74) is 1.74. The monoisotopic (exact) mass is 486 g/mol. The summed E-state index contributed by atoms with van der Waals surface area (Å²) in [6.07, 6.45) is 6.60. The van der Waals surface area contributed by atoms with Gasteiger partial charge in [-0.1, -0.05) is 12.6 Å². The Morgan fingerprint density at radius 1 is 1.14 bits per heavy atom. The van der Waals surface area contributed by atoms with Crippen LogP contribution < -0.4 is 14.8 Å². The number of benzene rings is 2. The maximum atomic E-state index is 12.3. The Balaban J connectivity index is 1.30. The van der Waals surface area contributed by atoms with E-state index in [1.807, 2.05) is 17.0 Å². The second-order valence-corrected chi connectivity index (χ2v) is 10.0. The quantitative estimate of drug-likeness (QED) is 0.353. The summed E-state index contributed by atoms with van der Waals surface area (Å²) in [5, 5.41) is 7.63. The number of hydrogen-bond acceptors (Lipinski definition) is 7. The minimum atomic E-state index is 0.00925. The Morgan fingerprint density at radius 2 is 1.97 bits per heavy atom. The van der Waals surface area contributed by atoms with E-state index in [4.69, 9.17) is 9.47 Å². The zero-order valence-electron chi connectivity index (χ0n) is 19.4. The first-order chi connectivity index (χ1) is 17.1. The average molecular weight is 487 g/mol. The fourth-order valence-corrected chi connectivity index (χ4v) is 6.28. The largest absolute Gasteiger partial charge is 0.493 e. The molecule has 178 valence electrons. The van der Waals surface area contributed by atoms with E-state index in [0.717, 1.165) is 42.3 Å². The summed E-state index contributed by atoms with van der Waals surface area (Å²) in [6, 6.07) is 12.7. The van der Waals surface area contributed by atoms with Gasteiger partial charge in [-0.15, -0.1) is 11.3 Å². The van der Waals surface area contributed by atoms with Crippen molar-refractivity contribution >= 4 is 49.7 Å². The molecule has 0 aliphatic carbocycles. The van der Waals surface area contributed by atoms with E-state index in [1.165, 1.54) is 16.2 Å². The number of amides is 1. The Kier molecular flexibility index (Phi) is 5.53. The van der Waals surface area contributed by atoms with Crippen LogP contribution in [0.5, 0.6) is 11.5 Å². The highest BCUT2D eigenvalue weighted by Crippen LogP contribution is 2.41. The van der Waals surface area contributed by atoms with Gasteiger partial charge in [0.15, 0.2) is 11.5 Å². The highest BCUT2D eigenvalue weighted by atomic mass is 32.1. The number of aromatic nitrogens is 2. The number of nitrogens with zero attached hydrogens (tertiary/aromatic N) is 3. The minimum absolute atomic E-state index is 0.00925. The van der Waals surface area contributed by atoms with Crippen molar-refractivity contribution in [3.05, 3.63) is 60.8 Å². The van der Waals surface area contributed by atoms with E-state index in [0.29, 0.717) is 17.3 Å². The second kappa shape index (κ2) is 8.85. The lowest BCUT2D eigenvalue weighted by molar-refractivity contribution is -0.131. The molecule has 0 spiro atoms. The molecule has 6 rings (SSSR count). The maximum Gasteiger partial charge on any atom is 0.246 e. The summed E-state index contributed by atoms with van der Waals surface area (Å²) < 4.78 is 13.4. The van der Waals surface area contributed by atoms with Crippen molar-refractivity contribution in [2.75, 3.05) is 12.4 Å². The predicted molar refractivity (Wildman–Crippen MR) is 139 cm³/mol. The molecule has 35 heavy (non-hydrogen) atoms. The van der Waals surface area contributed by atoms with Crippen LogP contribution in [0.2, 0.25) is 0 Å². The third-order valence-electron chi connectivity index (χ3n) is 7.05. The van der Waals surface area contributed by atoms with E-state index in [9.17, 15) is 4.79 Å². The Morgan fingerprint density at radius 3 is 2.74 bits per heavy atom. The van der Waals surface area contributed by atoms with Crippen molar-refractivity contribution < 1.29 is 14.3 Å². The Hall–Kier alpha value is -3.65. The molecule has 4 heterocycles. The molecule has 1 N–H and O–H groups in total. The normalized spacial score (nSPS) is 21.3. The van der Waals surface area contributed by atoms with Gasteiger partial charge in [-0.05, 0) is 53.9 Å². The molecule has 2 saturated heterocycles. The first-order valence-corrected chi connectivity index (χ1v) is 12.7. The van der Waals surface area contributed by atoms with Gasteiger partial charge in [0.25, 0.3) is 0 Å². The minimum Gasteiger partial charge on any atom is -0.493 e. The van der Waals surface area contributed by atoms with E-state index >= 15 is 0 Å². The Labute approximate surface area is 207 Å². The summed E-state index contributed by atoms with van der Waals surface area (Å²) in [6.45, 7) is 3.66. The topological polar surface area (TPSA) is 76.6 Å². The van der Waals surface area contributed by atoms with Gasteiger partial charge >= 0.3 is 0 Å². The number of nitrogens with one attached hydrogen (secondary N) is 1. The smallest absolute Gasteiger partial charge is 0.246 e. The molecule has 1 amide bonds. The van der Waals surface area contributed by atoms with E-state index in [2.05, 4.69) is 51.5 Å². The predicted octanol–water partition coefficient (Wildman–Crippen LogP) is 5.68. The molecular formula is C27H26N4O3S. The van der Waals surface area contributed by atoms with E-state index in [-0.39, 0.29) is 24.1 Å². The average Bonchev–Trinajstić information content (AvgIpc) is 3.45. The van der Waals surface area contributed by atoms with Gasteiger partial charge < -0.3 is 19.7 Å². The standard InChI is InChI=1S/C27H26N4O3S/c1-3-26(32)31-18-6-7-19(31)12-20(11-18)34-24-13-21-22(14-23(24)33-2)28-15-29-27(21)30-17-5-4-16-8-9-35-25(16)10-17/h3-5,8-10,13-15,18-20H,1,6-7,11-12H2,2H3,(H,28,29,30)/t18-,19+,20?. The van der Waals surface area contributed by atoms with E-state index < -0.39 is 0 Å². The lowest BCUT2D eigenvalue weighted by Crippen LogP contribution is -2.48. The van der Waals surface area contributed by atoms with Gasteiger partial charge in [0, 0.05) is 46.8 Å². The number of methoxy groups -OCH3 is 1.